The molecule has 0 saturated carbocycles. The average Bonchev–Trinajstić information content (AvgIpc) is 2.22. The van der Waals surface area contributed by atoms with Crippen molar-refractivity contribution >= 4 is 0 Å². The van der Waals surface area contributed by atoms with Crippen molar-refractivity contribution < 1.29 is 9.47 Å². The number of rotatable bonds is 0. The third-order valence-corrected chi connectivity index (χ3v) is 1.26. The summed E-state index contributed by atoms with van der Waals surface area (Å²) in [7, 11) is 0. The molecule has 1 N–H and O–H groups in total. The Balaban J connectivity index is 2.39. The Morgan fingerprint density at radius 2 is 1.89 bits per heavy atom. The fourth-order valence-corrected chi connectivity index (χ4v) is 0.901. The minimum Gasteiger partial charge on any atom is -0.450 e. The van der Waals surface area contributed by atoms with Crippen LogP contribution in [0.3, 0.4) is 0 Å². The Bertz CT molecular complexity index is 198. The highest BCUT2D eigenvalue weighted by molar-refractivity contribution is 5.39. The zero-order chi connectivity index (χ0) is 6.27. The summed E-state index contributed by atoms with van der Waals surface area (Å²) in [6.45, 7) is 1.86. The van der Waals surface area contributed by atoms with Crippen molar-refractivity contribution in [3.63, 3.8) is 0 Å². The van der Waals surface area contributed by atoms with E-state index in [1.165, 1.54) is 0 Å². The molecule has 0 aromatic carbocycles. The van der Waals surface area contributed by atoms with Crippen LogP contribution in [0.2, 0.25) is 0 Å². The molecule has 2 rings (SSSR count). The first kappa shape index (κ1) is 4.73. The van der Waals surface area contributed by atoms with Gasteiger partial charge in [-0.1, -0.05) is 0 Å². The third kappa shape index (κ3) is 0.575. The van der Waals surface area contributed by atoms with Crippen molar-refractivity contribution in [2.45, 2.75) is 13.2 Å². The van der Waals surface area contributed by atoms with Crippen molar-refractivity contribution in [3.05, 3.63) is 12.4 Å². The summed E-state index contributed by atoms with van der Waals surface area (Å²) in [4.78, 5) is 2.87. The van der Waals surface area contributed by atoms with E-state index in [2.05, 4.69) is 4.98 Å². The normalized spacial score (nSPS) is 16.6. The smallest absolute Gasteiger partial charge is 0.238 e. The second kappa shape index (κ2) is 1.43. The molecule has 3 heteroatoms. The van der Waals surface area contributed by atoms with Gasteiger partial charge in [-0.25, -0.2) is 0 Å². The van der Waals surface area contributed by atoms with Crippen molar-refractivity contribution in [2.24, 2.45) is 0 Å². The summed E-state index contributed by atoms with van der Waals surface area (Å²) in [6.07, 6.45) is 3.43. The molecular formula is C6H7NO2. The molecule has 0 saturated heterocycles. The summed E-state index contributed by atoms with van der Waals surface area (Å²) in [5.41, 5.74) is 0. The molecule has 0 spiro atoms. The van der Waals surface area contributed by atoms with Crippen LogP contribution in [0.4, 0.5) is 0 Å². The summed E-state index contributed by atoms with van der Waals surface area (Å²) < 4.78 is 10.4. The van der Waals surface area contributed by atoms with Crippen molar-refractivity contribution in [1.29, 1.82) is 0 Å². The first-order valence-electron chi connectivity index (χ1n) is 2.86. The van der Waals surface area contributed by atoms with Crippen LogP contribution in [0.25, 0.3) is 0 Å². The number of H-pyrrole nitrogens is 1. The van der Waals surface area contributed by atoms with Gasteiger partial charge >= 0.3 is 0 Å². The highest BCUT2D eigenvalue weighted by atomic mass is 16.7. The molecule has 2 heterocycles. The first-order chi connectivity index (χ1) is 4.36. The van der Waals surface area contributed by atoms with Gasteiger partial charge in [0.2, 0.25) is 6.29 Å². The Morgan fingerprint density at radius 3 is 2.44 bits per heavy atom. The molecule has 3 nitrogen and oxygen atoms in total. The number of hydrogen-bond acceptors (Lipinski definition) is 2. The molecule has 1 aliphatic heterocycles. The van der Waals surface area contributed by atoms with E-state index in [9.17, 15) is 0 Å². The molecule has 0 atom stereocenters. The van der Waals surface area contributed by atoms with E-state index in [1.54, 1.807) is 12.4 Å². The summed E-state index contributed by atoms with van der Waals surface area (Å²) in [6, 6.07) is 0. The fraction of sp³-hybridized carbons (Fsp3) is 0.333. The SMILES string of the molecule is CC1Oc2c[nH]cc2O1. The van der Waals surface area contributed by atoms with E-state index < -0.39 is 0 Å². The zero-order valence-corrected chi connectivity index (χ0v) is 5.05. The number of hydrogen-bond donors (Lipinski definition) is 1. The van der Waals surface area contributed by atoms with Gasteiger partial charge in [0.25, 0.3) is 0 Å². The molecular weight excluding hydrogens is 118 g/mol. The molecule has 0 aliphatic carbocycles. The third-order valence-electron chi connectivity index (χ3n) is 1.26. The minimum absolute atomic E-state index is 0.121. The van der Waals surface area contributed by atoms with Crippen molar-refractivity contribution in [1.82, 2.24) is 4.98 Å². The molecule has 0 amide bonds. The standard InChI is InChI=1S/C6H7NO2/c1-4-8-5-2-7-3-6(5)9-4/h2-4,7H,1H3. The van der Waals surface area contributed by atoms with Gasteiger partial charge in [0.15, 0.2) is 11.5 Å². The van der Waals surface area contributed by atoms with Crippen molar-refractivity contribution in [2.75, 3.05) is 0 Å². The second-order valence-electron chi connectivity index (χ2n) is 1.99. The molecule has 1 aliphatic rings. The lowest BCUT2D eigenvalue weighted by atomic mass is 10.6. The van der Waals surface area contributed by atoms with E-state index in [0.717, 1.165) is 11.5 Å². The Morgan fingerprint density at radius 1 is 1.33 bits per heavy atom. The number of ether oxygens (including phenoxy) is 2. The van der Waals surface area contributed by atoms with Gasteiger partial charge in [-0.3, -0.25) is 0 Å². The van der Waals surface area contributed by atoms with Crippen LogP contribution in [-0.4, -0.2) is 11.3 Å². The highest BCUT2D eigenvalue weighted by Gasteiger charge is 2.19. The van der Waals surface area contributed by atoms with E-state index in [1.807, 2.05) is 6.92 Å². The van der Waals surface area contributed by atoms with Crippen LogP contribution in [0.15, 0.2) is 12.4 Å². The van der Waals surface area contributed by atoms with Gasteiger partial charge in [-0.2, -0.15) is 0 Å². The number of aromatic nitrogens is 1. The number of nitrogens with one attached hydrogen (secondary N) is 1. The average molecular weight is 125 g/mol. The molecule has 0 unspecified atom stereocenters. The van der Waals surface area contributed by atoms with Gasteiger partial charge in [0.1, 0.15) is 0 Å². The monoisotopic (exact) mass is 125 g/mol. The fourth-order valence-electron chi connectivity index (χ4n) is 0.901. The van der Waals surface area contributed by atoms with Gasteiger partial charge in [0.05, 0.1) is 0 Å². The summed E-state index contributed by atoms with van der Waals surface area (Å²) >= 11 is 0. The Hall–Kier alpha value is -1.12. The lowest BCUT2D eigenvalue weighted by Crippen LogP contribution is -2.11. The Kier molecular flexibility index (Phi) is 0.754. The predicted molar refractivity (Wildman–Crippen MR) is 31.5 cm³/mol. The largest absolute Gasteiger partial charge is 0.450 e. The van der Waals surface area contributed by atoms with E-state index in [-0.39, 0.29) is 6.29 Å². The molecule has 0 fully saturated rings. The molecule has 1 aromatic rings. The minimum atomic E-state index is -0.121. The molecule has 0 bridgehead atoms. The van der Waals surface area contributed by atoms with Gasteiger partial charge in [0, 0.05) is 19.3 Å². The van der Waals surface area contributed by atoms with E-state index >= 15 is 0 Å². The Labute approximate surface area is 52.6 Å². The predicted octanol–water partition coefficient (Wildman–Crippen LogP) is 1.13. The zero-order valence-electron chi connectivity index (χ0n) is 5.05. The number of aromatic amines is 1. The van der Waals surface area contributed by atoms with Crippen molar-refractivity contribution in [3.8, 4) is 11.5 Å². The van der Waals surface area contributed by atoms with E-state index in [4.69, 9.17) is 9.47 Å². The van der Waals surface area contributed by atoms with Gasteiger partial charge in [-0.15, -0.1) is 0 Å². The van der Waals surface area contributed by atoms with Crippen LogP contribution in [0, 0.1) is 0 Å². The summed E-state index contributed by atoms with van der Waals surface area (Å²) in [5.74, 6) is 1.62. The van der Waals surface area contributed by atoms with Crippen LogP contribution in [0.5, 0.6) is 11.5 Å². The van der Waals surface area contributed by atoms with E-state index in [0.29, 0.717) is 0 Å². The lowest BCUT2D eigenvalue weighted by Gasteiger charge is -2.00. The molecule has 48 valence electrons. The van der Waals surface area contributed by atoms with Crippen LogP contribution < -0.4 is 9.47 Å². The number of fused-ring (bicyclic) bond motifs is 1. The maximum atomic E-state index is 5.19. The molecule has 0 radical (unpaired) electrons. The summed E-state index contributed by atoms with van der Waals surface area (Å²) in [5, 5.41) is 0. The second-order valence-corrected chi connectivity index (χ2v) is 1.99. The maximum Gasteiger partial charge on any atom is 0.238 e. The topological polar surface area (TPSA) is 34.2 Å². The van der Waals surface area contributed by atoms with Crippen LogP contribution >= 0.6 is 0 Å². The van der Waals surface area contributed by atoms with Crippen LogP contribution in [-0.2, 0) is 0 Å². The van der Waals surface area contributed by atoms with Gasteiger partial charge < -0.3 is 14.5 Å². The lowest BCUT2D eigenvalue weighted by molar-refractivity contribution is 0.0666. The van der Waals surface area contributed by atoms with Gasteiger partial charge in [-0.05, 0) is 0 Å². The molecule has 1 aromatic heterocycles. The first-order valence-corrected chi connectivity index (χ1v) is 2.86. The molecule has 9 heavy (non-hydrogen) atoms. The highest BCUT2D eigenvalue weighted by Crippen LogP contribution is 2.33. The quantitative estimate of drug-likeness (QED) is 0.564. The maximum absolute atomic E-state index is 5.19. The van der Waals surface area contributed by atoms with Crippen LogP contribution in [0.1, 0.15) is 6.92 Å².